The normalized spacial score (nSPS) is 12.3. The van der Waals surface area contributed by atoms with Crippen molar-refractivity contribution in [1.82, 2.24) is 14.8 Å². The van der Waals surface area contributed by atoms with E-state index in [1.807, 2.05) is 35.8 Å². The van der Waals surface area contributed by atoms with Crippen molar-refractivity contribution in [1.29, 1.82) is 0 Å². The van der Waals surface area contributed by atoms with Crippen molar-refractivity contribution in [3.63, 3.8) is 0 Å². The number of thiophene rings is 1. The highest BCUT2D eigenvalue weighted by Gasteiger charge is 2.28. The monoisotopic (exact) mass is 516 g/mol. The molecule has 11 heteroatoms. The van der Waals surface area contributed by atoms with E-state index < -0.39 is 0 Å². The van der Waals surface area contributed by atoms with Crippen molar-refractivity contribution in [2.45, 2.75) is 51.4 Å². The third-order valence-electron chi connectivity index (χ3n) is 5.52. The molecule has 0 saturated carbocycles. The lowest BCUT2D eigenvalue weighted by Crippen LogP contribution is -2.17. The molecule has 3 aromatic rings. The Morgan fingerprint density at radius 1 is 1.14 bits per heavy atom. The van der Waals surface area contributed by atoms with Crippen LogP contribution in [0.1, 0.15) is 46.9 Å². The molecule has 9 nitrogen and oxygen atoms in total. The highest BCUT2D eigenvalue weighted by molar-refractivity contribution is 7.99. The molecule has 0 spiro atoms. The van der Waals surface area contributed by atoms with Crippen molar-refractivity contribution in [3.05, 3.63) is 46.1 Å². The van der Waals surface area contributed by atoms with Crippen LogP contribution in [0.15, 0.2) is 29.4 Å². The Morgan fingerprint density at radius 2 is 1.91 bits per heavy atom. The van der Waals surface area contributed by atoms with E-state index in [2.05, 4.69) is 15.5 Å². The Hall–Kier alpha value is -3.05. The molecule has 1 amide bonds. The number of esters is 1. The molecule has 0 unspecified atom stereocenters. The van der Waals surface area contributed by atoms with Gasteiger partial charge in [0, 0.05) is 11.4 Å². The van der Waals surface area contributed by atoms with Crippen LogP contribution in [0.2, 0.25) is 0 Å². The van der Waals surface area contributed by atoms with Gasteiger partial charge in [0.25, 0.3) is 0 Å². The van der Waals surface area contributed by atoms with Gasteiger partial charge in [-0.15, -0.1) is 21.5 Å². The summed E-state index contributed by atoms with van der Waals surface area (Å²) in [7, 11) is 1.62. The number of carbonyl (C=O) groups is 2. The average molecular weight is 517 g/mol. The molecule has 0 fully saturated rings. The minimum absolute atomic E-state index is 0.141. The molecule has 1 N–H and O–H groups in total. The number of nitrogens with one attached hydrogen (secondary N) is 1. The molecule has 4 rings (SSSR count). The van der Waals surface area contributed by atoms with Crippen LogP contribution in [0.4, 0.5) is 5.00 Å². The van der Waals surface area contributed by atoms with Crippen LogP contribution >= 0.6 is 23.1 Å². The minimum Gasteiger partial charge on any atom is -0.497 e. The summed E-state index contributed by atoms with van der Waals surface area (Å²) < 4.78 is 18.1. The number of rotatable bonds is 11. The van der Waals surface area contributed by atoms with Crippen LogP contribution in [-0.2, 0) is 35.5 Å². The number of carbonyl (C=O) groups excluding carboxylic acids is 2. The maximum absolute atomic E-state index is 12.7. The van der Waals surface area contributed by atoms with E-state index in [0.717, 1.165) is 35.5 Å². The zero-order chi connectivity index (χ0) is 24.8. The largest absolute Gasteiger partial charge is 0.497 e. The number of thioether (sulfide) groups is 1. The van der Waals surface area contributed by atoms with Crippen molar-refractivity contribution in [2.75, 3.05) is 24.8 Å². The number of amides is 1. The van der Waals surface area contributed by atoms with Gasteiger partial charge in [-0.3, -0.25) is 4.79 Å². The van der Waals surface area contributed by atoms with Crippen molar-refractivity contribution >= 4 is 40.0 Å². The first-order chi connectivity index (χ1) is 17.0. The van der Waals surface area contributed by atoms with Gasteiger partial charge >= 0.3 is 5.97 Å². The number of aromatic nitrogens is 3. The summed E-state index contributed by atoms with van der Waals surface area (Å²) in [5.74, 6) is 1.69. The quantitative estimate of drug-likeness (QED) is 0.296. The van der Waals surface area contributed by atoms with Gasteiger partial charge in [0.15, 0.2) is 11.0 Å². The Bertz CT molecular complexity index is 1190. The molecular formula is C24H28N4O5S2. The second-order valence-corrected chi connectivity index (χ2v) is 9.77. The Balaban J connectivity index is 1.37. The zero-order valence-corrected chi connectivity index (χ0v) is 21.6. The number of fused-ring (bicyclic) bond motifs is 1. The van der Waals surface area contributed by atoms with Crippen molar-refractivity contribution in [3.8, 4) is 11.5 Å². The number of ether oxygens (including phenoxy) is 3. The van der Waals surface area contributed by atoms with Crippen LogP contribution in [0, 0.1) is 0 Å². The van der Waals surface area contributed by atoms with E-state index in [1.54, 1.807) is 14.0 Å². The van der Waals surface area contributed by atoms with Gasteiger partial charge in [-0.05, 0) is 62.9 Å². The molecule has 0 saturated heterocycles. The predicted octanol–water partition coefficient (Wildman–Crippen LogP) is 4.34. The lowest BCUT2D eigenvalue weighted by molar-refractivity contribution is -0.113. The SMILES string of the molecule is CCOC(=O)c1c(NC(=O)CSc2nnc(COc3ccc(OC)cc3)n2CC)sc2c1CCC2. The number of anilines is 1. The summed E-state index contributed by atoms with van der Waals surface area (Å²) in [5, 5.41) is 12.6. The van der Waals surface area contributed by atoms with Gasteiger partial charge in [0.05, 0.1) is 25.0 Å². The van der Waals surface area contributed by atoms with Gasteiger partial charge in [0.2, 0.25) is 5.91 Å². The average Bonchev–Trinajstić information content (AvgIpc) is 3.56. The molecule has 0 atom stereocenters. The molecule has 1 aliphatic rings. The van der Waals surface area contributed by atoms with Crippen LogP contribution in [0.25, 0.3) is 0 Å². The second-order valence-electron chi connectivity index (χ2n) is 7.73. The summed E-state index contributed by atoms with van der Waals surface area (Å²) in [6.07, 6.45) is 2.79. The third kappa shape index (κ3) is 5.79. The fourth-order valence-corrected chi connectivity index (χ4v) is 5.99. The van der Waals surface area contributed by atoms with Gasteiger partial charge in [-0.2, -0.15) is 0 Å². The highest BCUT2D eigenvalue weighted by Crippen LogP contribution is 2.39. The summed E-state index contributed by atoms with van der Waals surface area (Å²) in [5.41, 5.74) is 1.53. The summed E-state index contributed by atoms with van der Waals surface area (Å²) >= 11 is 2.77. The van der Waals surface area contributed by atoms with E-state index in [0.29, 0.717) is 40.4 Å². The van der Waals surface area contributed by atoms with Crippen LogP contribution in [0.3, 0.4) is 0 Å². The molecule has 35 heavy (non-hydrogen) atoms. The Morgan fingerprint density at radius 3 is 2.63 bits per heavy atom. The topological polar surface area (TPSA) is 105 Å². The minimum atomic E-state index is -0.373. The number of hydrogen-bond acceptors (Lipinski definition) is 9. The van der Waals surface area contributed by atoms with Gasteiger partial charge in [0.1, 0.15) is 23.1 Å². The van der Waals surface area contributed by atoms with E-state index in [-0.39, 0.29) is 24.2 Å². The van der Waals surface area contributed by atoms with Crippen molar-refractivity contribution in [2.24, 2.45) is 0 Å². The smallest absolute Gasteiger partial charge is 0.341 e. The first kappa shape index (κ1) is 25.1. The highest BCUT2D eigenvalue weighted by atomic mass is 32.2. The fourth-order valence-electron chi connectivity index (χ4n) is 3.87. The second kappa shape index (κ2) is 11.6. The van der Waals surface area contributed by atoms with E-state index in [9.17, 15) is 9.59 Å². The Labute approximate surface area is 212 Å². The lowest BCUT2D eigenvalue weighted by Gasteiger charge is -2.10. The zero-order valence-electron chi connectivity index (χ0n) is 20.0. The van der Waals surface area contributed by atoms with E-state index in [4.69, 9.17) is 14.2 Å². The molecule has 0 bridgehead atoms. The number of methoxy groups -OCH3 is 1. The fraction of sp³-hybridized carbons (Fsp3) is 0.417. The van der Waals surface area contributed by atoms with Gasteiger partial charge in [-0.1, -0.05) is 11.8 Å². The first-order valence-corrected chi connectivity index (χ1v) is 13.3. The molecule has 186 valence electrons. The molecule has 0 aliphatic heterocycles. The molecule has 1 aliphatic carbocycles. The molecule has 1 aromatic carbocycles. The first-order valence-electron chi connectivity index (χ1n) is 11.5. The summed E-state index contributed by atoms with van der Waals surface area (Å²) in [6.45, 7) is 4.96. The molecule has 2 aromatic heterocycles. The Kier molecular flexibility index (Phi) is 8.29. The van der Waals surface area contributed by atoms with Crippen LogP contribution in [0.5, 0.6) is 11.5 Å². The number of nitrogens with zero attached hydrogens (tertiary/aromatic N) is 3. The molecular weight excluding hydrogens is 488 g/mol. The maximum Gasteiger partial charge on any atom is 0.341 e. The van der Waals surface area contributed by atoms with Gasteiger partial charge in [-0.25, -0.2) is 4.79 Å². The molecule has 0 radical (unpaired) electrons. The lowest BCUT2D eigenvalue weighted by atomic mass is 10.1. The van der Waals surface area contributed by atoms with E-state index >= 15 is 0 Å². The summed E-state index contributed by atoms with van der Waals surface area (Å²) in [4.78, 5) is 26.4. The predicted molar refractivity (Wildman–Crippen MR) is 135 cm³/mol. The summed E-state index contributed by atoms with van der Waals surface area (Å²) in [6, 6.07) is 7.32. The van der Waals surface area contributed by atoms with Crippen LogP contribution < -0.4 is 14.8 Å². The third-order valence-corrected chi connectivity index (χ3v) is 7.70. The maximum atomic E-state index is 12.7. The molecule has 2 heterocycles. The number of aryl methyl sites for hydroxylation is 1. The van der Waals surface area contributed by atoms with Crippen molar-refractivity contribution < 1.29 is 23.8 Å². The van der Waals surface area contributed by atoms with Crippen LogP contribution in [-0.4, -0.2) is 46.1 Å². The van der Waals surface area contributed by atoms with E-state index in [1.165, 1.54) is 23.1 Å². The number of hydrogen-bond donors (Lipinski definition) is 1. The number of benzene rings is 1. The standard InChI is InChI=1S/C24H28N4O5S2/c1-4-28-19(13-33-16-11-9-15(31-3)10-12-16)26-27-24(28)34-14-20(29)25-22-21(23(30)32-5-2)17-7-6-8-18(17)35-22/h9-12H,4-8,13-14H2,1-3H3,(H,25,29). The van der Waals surface area contributed by atoms with Gasteiger partial charge < -0.3 is 24.1 Å².